The molecule has 0 aliphatic carbocycles. The van der Waals surface area contributed by atoms with Crippen LogP contribution in [0.2, 0.25) is 0 Å². The molecule has 3 N–H and O–H groups in total. The van der Waals surface area contributed by atoms with Crippen molar-refractivity contribution in [3.8, 4) is 0 Å². The molecule has 19 heavy (non-hydrogen) atoms. The van der Waals surface area contributed by atoms with Gasteiger partial charge < -0.3 is 20.6 Å². The maximum Gasteiger partial charge on any atom is 0.137 e. The second kappa shape index (κ2) is 9.14. The van der Waals surface area contributed by atoms with E-state index in [4.69, 9.17) is 5.73 Å². The molecule has 0 radical (unpaired) electrons. The van der Waals surface area contributed by atoms with E-state index in [2.05, 4.69) is 5.32 Å². The number of nitrogens with two attached hydrogens (primary N) is 1. The SMILES string of the molecule is CNC(C=O)CSc1ccc(SCC(N)C=O)cc1. The fourth-order valence-corrected chi connectivity index (χ4v) is 2.98. The smallest absolute Gasteiger partial charge is 0.137 e. The third-order valence-corrected chi connectivity index (χ3v) is 4.69. The Morgan fingerprint density at radius 1 is 1.11 bits per heavy atom. The molecule has 1 aromatic carbocycles. The van der Waals surface area contributed by atoms with E-state index >= 15 is 0 Å². The van der Waals surface area contributed by atoms with Crippen LogP contribution in [0.3, 0.4) is 0 Å². The molecule has 4 nitrogen and oxygen atoms in total. The number of carbonyl (C=O) groups excluding carboxylic acids is 2. The van der Waals surface area contributed by atoms with Gasteiger partial charge in [0.15, 0.2) is 0 Å². The summed E-state index contributed by atoms with van der Waals surface area (Å²) in [4.78, 5) is 23.3. The van der Waals surface area contributed by atoms with Gasteiger partial charge in [0.25, 0.3) is 0 Å². The van der Waals surface area contributed by atoms with E-state index in [-0.39, 0.29) is 6.04 Å². The minimum Gasteiger partial charge on any atom is -0.321 e. The van der Waals surface area contributed by atoms with Crippen molar-refractivity contribution in [2.24, 2.45) is 5.73 Å². The first-order valence-corrected chi connectivity index (χ1v) is 7.85. The fraction of sp³-hybridized carbons (Fsp3) is 0.385. The second-order valence-electron chi connectivity index (χ2n) is 3.92. The van der Waals surface area contributed by atoms with Crippen LogP contribution < -0.4 is 11.1 Å². The molecule has 1 rings (SSSR count). The Morgan fingerprint density at radius 2 is 1.63 bits per heavy atom. The topological polar surface area (TPSA) is 72.2 Å². The predicted molar refractivity (Wildman–Crippen MR) is 80.8 cm³/mol. The summed E-state index contributed by atoms with van der Waals surface area (Å²) in [5.74, 6) is 1.30. The van der Waals surface area contributed by atoms with Crippen LogP contribution in [0, 0.1) is 0 Å². The number of thioether (sulfide) groups is 2. The average Bonchev–Trinajstić information content (AvgIpc) is 2.47. The van der Waals surface area contributed by atoms with Crippen molar-refractivity contribution in [2.45, 2.75) is 21.9 Å². The Hall–Kier alpha value is -0.820. The van der Waals surface area contributed by atoms with Crippen LogP contribution >= 0.6 is 23.5 Å². The van der Waals surface area contributed by atoms with E-state index in [9.17, 15) is 9.59 Å². The number of hydrogen-bond acceptors (Lipinski definition) is 6. The molecule has 0 saturated carbocycles. The average molecular weight is 298 g/mol. The van der Waals surface area contributed by atoms with Gasteiger partial charge in [0.2, 0.25) is 0 Å². The van der Waals surface area contributed by atoms with Gasteiger partial charge in [0.1, 0.15) is 12.6 Å². The summed E-state index contributed by atoms with van der Waals surface area (Å²) in [6.07, 6.45) is 1.67. The maximum absolute atomic E-state index is 10.7. The minimum absolute atomic E-state index is 0.121. The quantitative estimate of drug-likeness (QED) is 0.527. The van der Waals surface area contributed by atoms with Crippen LogP contribution in [-0.4, -0.2) is 43.2 Å². The lowest BCUT2D eigenvalue weighted by Crippen LogP contribution is -2.28. The Bertz CT molecular complexity index is 398. The van der Waals surface area contributed by atoms with Gasteiger partial charge in [-0.25, -0.2) is 0 Å². The molecule has 0 heterocycles. The molecule has 0 amide bonds. The number of carbonyl (C=O) groups is 2. The van der Waals surface area contributed by atoms with Gasteiger partial charge in [-0.2, -0.15) is 0 Å². The Balaban J connectivity index is 2.42. The van der Waals surface area contributed by atoms with Crippen LogP contribution in [0.25, 0.3) is 0 Å². The van der Waals surface area contributed by atoms with E-state index in [1.807, 2.05) is 24.3 Å². The molecule has 6 heteroatoms. The molecule has 0 bridgehead atoms. The molecule has 0 aliphatic heterocycles. The molecule has 2 atom stereocenters. The van der Waals surface area contributed by atoms with Crippen molar-refractivity contribution >= 4 is 36.1 Å². The van der Waals surface area contributed by atoms with E-state index in [0.717, 1.165) is 22.4 Å². The van der Waals surface area contributed by atoms with Crippen molar-refractivity contribution < 1.29 is 9.59 Å². The van der Waals surface area contributed by atoms with E-state index < -0.39 is 6.04 Å². The second-order valence-corrected chi connectivity index (χ2v) is 6.11. The standard InChI is InChI=1S/C13H18N2O2S2/c1-15-11(7-17)9-19-13-4-2-12(3-5-13)18-8-10(14)6-16/h2-7,10-11,15H,8-9,14H2,1H3. The Kier molecular flexibility index (Phi) is 7.81. The molecule has 0 aromatic heterocycles. The molecule has 2 unspecified atom stereocenters. The lowest BCUT2D eigenvalue weighted by Gasteiger charge is -2.09. The van der Waals surface area contributed by atoms with Crippen molar-refractivity contribution in [3.05, 3.63) is 24.3 Å². The summed E-state index contributed by atoms with van der Waals surface area (Å²) < 4.78 is 0. The predicted octanol–water partition coefficient (Wildman–Crippen LogP) is 1.18. The summed E-state index contributed by atoms with van der Waals surface area (Å²) in [5, 5.41) is 2.93. The van der Waals surface area contributed by atoms with Crippen molar-refractivity contribution in [1.82, 2.24) is 5.32 Å². The third-order valence-electron chi connectivity index (χ3n) is 2.41. The van der Waals surface area contributed by atoms with Gasteiger partial charge in [0, 0.05) is 21.3 Å². The summed E-state index contributed by atoms with van der Waals surface area (Å²) in [6, 6.07) is 7.49. The number of rotatable bonds is 9. The summed E-state index contributed by atoms with van der Waals surface area (Å²) in [6.45, 7) is 0. The van der Waals surface area contributed by atoms with E-state index in [0.29, 0.717) is 11.5 Å². The number of likely N-dealkylation sites (N-methyl/N-ethyl adjacent to an activating group) is 1. The zero-order chi connectivity index (χ0) is 14.1. The van der Waals surface area contributed by atoms with Gasteiger partial charge in [-0.05, 0) is 31.3 Å². The Labute approximate surface area is 121 Å². The molecule has 104 valence electrons. The lowest BCUT2D eigenvalue weighted by molar-refractivity contribution is -0.109. The molecule has 1 aromatic rings. The normalized spacial score (nSPS) is 13.8. The van der Waals surface area contributed by atoms with Crippen LogP contribution in [-0.2, 0) is 9.59 Å². The highest BCUT2D eigenvalue weighted by atomic mass is 32.2. The monoisotopic (exact) mass is 298 g/mol. The maximum atomic E-state index is 10.7. The molecular formula is C13H18N2O2S2. The van der Waals surface area contributed by atoms with E-state index in [1.165, 1.54) is 0 Å². The number of nitrogens with one attached hydrogen (secondary N) is 1. The largest absolute Gasteiger partial charge is 0.321 e. The molecular weight excluding hydrogens is 280 g/mol. The molecule has 0 saturated heterocycles. The van der Waals surface area contributed by atoms with Gasteiger partial charge >= 0.3 is 0 Å². The number of aldehydes is 2. The first-order valence-electron chi connectivity index (χ1n) is 5.88. The molecule has 0 fully saturated rings. The minimum atomic E-state index is -0.414. The van der Waals surface area contributed by atoms with Crippen molar-refractivity contribution in [2.75, 3.05) is 18.6 Å². The first kappa shape index (κ1) is 16.2. The van der Waals surface area contributed by atoms with Gasteiger partial charge in [-0.1, -0.05) is 0 Å². The summed E-state index contributed by atoms with van der Waals surface area (Å²) in [7, 11) is 1.77. The highest BCUT2D eigenvalue weighted by Gasteiger charge is 2.05. The molecule has 0 aliphatic rings. The number of hydrogen-bond donors (Lipinski definition) is 2. The zero-order valence-electron chi connectivity index (χ0n) is 10.7. The van der Waals surface area contributed by atoms with Gasteiger partial charge in [0.05, 0.1) is 12.1 Å². The Morgan fingerprint density at radius 3 is 2.05 bits per heavy atom. The highest BCUT2D eigenvalue weighted by Crippen LogP contribution is 2.24. The van der Waals surface area contributed by atoms with Crippen LogP contribution in [0.5, 0.6) is 0 Å². The molecule has 0 spiro atoms. The van der Waals surface area contributed by atoms with Crippen molar-refractivity contribution in [3.63, 3.8) is 0 Å². The van der Waals surface area contributed by atoms with Crippen LogP contribution in [0.15, 0.2) is 34.1 Å². The first-order chi connectivity index (χ1) is 9.19. The van der Waals surface area contributed by atoms with Gasteiger partial charge in [-0.15, -0.1) is 23.5 Å². The lowest BCUT2D eigenvalue weighted by atomic mass is 10.4. The highest BCUT2D eigenvalue weighted by molar-refractivity contribution is 7.99. The van der Waals surface area contributed by atoms with Crippen LogP contribution in [0.4, 0.5) is 0 Å². The van der Waals surface area contributed by atoms with Gasteiger partial charge in [-0.3, -0.25) is 0 Å². The van der Waals surface area contributed by atoms with Crippen LogP contribution in [0.1, 0.15) is 0 Å². The summed E-state index contributed by atoms with van der Waals surface area (Å²) >= 11 is 3.19. The van der Waals surface area contributed by atoms with Crippen molar-refractivity contribution in [1.29, 1.82) is 0 Å². The zero-order valence-corrected chi connectivity index (χ0v) is 12.4. The number of benzene rings is 1. The summed E-state index contributed by atoms with van der Waals surface area (Å²) in [5.41, 5.74) is 5.53. The third kappa shape index (κ3) is 6.24. The van der Waals surface area contributed by atoms with E-state index in [1.54, 1.807) is 30.6 Å². The fourth-order valence-electron chi connectivity index (χ4n) is 1.24.